The smallest absolute Gasteiger partial charge is 0.252 e. The van der Waals surface area contributed by atoms with Gasteiger partial charge in [-0.05, 0) is 161 Å². The Hall–Kier alpha value is -11.1. The summed E-state index contributed by atoms with van der Waals surface area (Å²) >= 11 is 1.91. The van der Waals surface area contributed by atoms with E-state index in [-0.39, 0.29) is 13.4 Å². The molecule has 19 rings (SSSR count). The van der Waals surface area contributed by atoms with Crippen LogP contribution in [0.2, 0.25) is 0 Å². The van der Waals surface area contributed by atoms with Gasteiger partial charge in [0.25, 0.3) is 13.4 Å². The number of hydrogen-bond acceptors (Lipinski definition) is 5. The summed E-state index contributed by atoms with van der Waals surface area (Å²) in [5.74, 6) is 0. The van der Waals surface area contributed by atoms with Crippen LogP contribution in [0, 0.1) is 0 Å². The van der Waals surface area contributed by atoms with Crippen LogP contribution in [0.1, 0.15) is 0 Å². The molecule has 0 unspecified atom stereocenters. The van der Waals surface area contributed by atoms with E-state index in [2.05, 4.69) is 335 Å². The van der Waals surface area contributed by atoms with Crippen molar-refractivity contribution < 1.29 is 0 Å². The zero-order valence-electron chi connectivity index (χ0n) is 48.4. The molecule has 13 aromatic carbocycles. The molecular weight excluding hydrogens is 1090 g/mol. The lowest BCUT2D eigenvalue weighted by atomic mass is 9.31. The molecule has 412 valence electrons. The van der Waals surface area contributed by atoms with Crippen LogP contribution in [0.4, 0.5) is 68.2 Å². The first-order chi connectivity index (χ1) is 44.2. The predicted octanol–water partition coefficient (Wildman–Crippen LogP) is 18.2. The Labute approximate surface area is 522 Å². The third-order valence-corrected chi connectivity index (χ3v) is 20.3. The maximum Gasteiger partial charge on any atom is 0.252 e. The van der Waals surface area contributed by atoms with E-state index in [4.69, 9.17) is 0 Å². The number of nitrogens with zero attached hydrogens (tertiary/aromatic N) is 4. The maximum atomic E-state index is 2.72. The normalized spacial score (nSPS) is 13.3. The van der Waals surface area contributed by atoms with Crippen molar-refractivity contribution in [2.45, 2.75) is 0 Å². The van der Waals surface area contributed by atoms with E-state index in [1.807, 2.05) is 11.3 Å². The van der Waals surface area contributed by atoms with Gasteiger partial charge in [-0.3, -0.25) is 0 Å². The Morgan fingerprint density at radius 1 is 0.202 bits per heavy atom. The standard InChI is InChI=1S/C82H52B2N4S/c1-7-25-53(26-8-1)59-47-60(54-27-9-2-10-28-54)50-63(49-59)85-69-39-21-19-37-65(69)83-67-45-46-68-78-77(67)87(73-43-23-41-71(85)75(73)83)79-80(82(58-35-17-6-18-36-58)89-81(79)57-33-15-5-16-34-57)88(78)74-44-24-42-72-76(74)84(68)66-38-20-22-40-70(66)86(72)64-51-61(55-29-11-3-12-30-55)48-62(52-64)56-31-13-4-14-32-56/h1-52H. The molecule has 0 atom stereocenters. The Balaban J connectivity index is 0.892. The van der Waals surface area contributed by atoms with Gasteiger partial charge >= 0.3 is 0 Å². The molecule has 5 aliphatic rings. The van der Waals surface area contributed by atoms with E-state index < -0.39 is 0 Å². The zero-order chi connectivity index (χ0) is 58.3. The van der Waals surface area contributed by atoms with Gasteiger partial charge in [0.15, 0.2) is 0 Å². The fraction of sp³-hybridized carbons (Fsp3) is 0. The van der Waals surface area contributed by atoms with Gasteiger partial charge in [0.2, 0.25) is 0 Å². The van der Waals surface area contributed by atoms with E-state index in [0.717, 1.165) is 11.4 Å². The largest absolute Gasteiger partial charge is 0.311 e. The van der Waals surface area contributed by atoms with Crippen LogP contribution in [-0.4, -0.2) is 13.4 Å². The van der Waals surface area contributed by atoms with Crippen LogP contribution >= 0.6 is 11.3 Å². The topological polar surface area (TPSA) is 13.0 Å². The molecule has 6 heterocycles. The quantitative estimate of drug-likeness (QED) is 0.141. The van der Waals surface area contributed by atoms with Crippen molar-refractivity contribution in [3.05, 3.63) is 315 Å². The minimum Gasteiger partial charge on any atom is -0.311 e. The van der Waals surface area contributed by atoms with Crippen LogP contribution in [0.5, 0.6) is 0 Å². The third kappa shape index (κ3) is 7.49. The molecule has 0 spiro atoms. The van der Waals surface area contributed by atoms with Gasteiger partial charge in [0, 0.05) is 45.5 Å². The molecule has 0 amide bonds. The van der Waals surface area contributed by atoms with Crippen molar-refractivity contribution in [1.29, 1.82) is 0 Å². The molecule has 5 aliphatic heterocycles. The second-order valence-electron chi connectivity index (χ2n) is 23.9. The van der Waals surface area contributed by atoms with E-state index in [1.165, 1.54) is 155 Å². The number of fused-ring (bicyclic) bond motifs is 11. The summed E-state index contributed by atoms with van der Waals surface area (Å²) in [4.78, 5) is 13.0. The van der Waals surface area contributed by atoms with Gasteiger partial charge in [-0.2, -0.15) is 0 Å². The number of para-hydroxylation sites is 2. The Bertz CT molecular complexity index is 4740. The summed E-state index contributed by atoms with van der Waals surface area (Å²) in [5.41, 5.74) is 33.9. The SMILES string of the molecule is c1ccc(-c2cc(-c3ccccc3)cc(N3c4ccccc4B4c5ccc6c7c5N(c5cccc3c54)c3c(-c4ccccc4)sc(-c4ccccc4)c3N7c3cccc4c3B6c3ccccc3N4c3cc(-c4ccccc4)cc(-c4ccccc4)c3)c2)cc1. The van der Waals surface area contributed by atoms with Gasteiger partial charge in [-0.1, -0.05) is 243 Å². The van der Waals surface area contributed by atoms with E-state index >= 15 is 0 Å². The number of rotatable bonds is 8. The van der Waals surface area contributed by atoms with Crippen LogP contribution in [0.25, 0.3) is 65.4 Å². The first-order valence-corrected chi connectivity index (χ1v) is 31.6. The highest BCUT2D eigenvalue weighted by Gasteiger charge is 2.53. The molecule has 0 saturated heterocycles. The number of anilines is 12. The van der Waals surface area contributed by atoms with Crippen LogP contribution in [0.3, 0.4) is 0 Å². The first kappa shape index (κ1) is 50.1. The monoisotopic (exact) mass is 1150 g/mol. The van der Waals surface area contributed by atoms with Gasteiger partial charge in [-0.25, -0.2) is 0 Å². The molecule has 0 N–H and O–H groups in total. The molecule has 0 saturated carbocycles. The maximum absolute atomic E-state index is 2.72. The van der Waals surface area contributed by atoms with Gasteiger partial charge in [0.1, 0.15) is 0 Å². The Morgan fingerprint density at radius 2 is 0.483 bits per heavy atom. The van der Waals surface area contributed by atoms with Crippen LogP contribution in [-0.2, 0) is 0 Å². The lowest BCUT2D eigenvalue weighted by Crippen LogP contribution is -2.65. The molecule has 7 heteroatoms. The molecule has 14 aromatic rings. The Morgan fingerprint density at radius 3 is 0.820 bits per heavy atom. The molecule has 89 heavy (non-hydrogen) atoms. The minimum absolute atomic E-state index is 0.0792. The number of thiophene rings is 1. The van der Waals surface area contributed by atoms with Crippen molar-refractivity contribution in [3.63, 3.8) is 0 Å². The number of hydrogen-bond donors (Lipinski definition) is 0. The number of benzene rings is 13. The van der Waals surface area contributed by atoms with Crippen molar-refractivity contribution in [2.75, 3.05) is 19.6 Å². The van der Waals surface area contributed by atoms with Gasteiger partial charge in [0.05, 0.1) is 32.5 Å². The highest BCUT2D eigenvalue weighted by molar-refractivity contribution is 7.20. The molecule has 0 aliphatic carbocycles. The second kappa shape index (κ2) is 19.7. The highest BCUT2D eigenvalue weighted by Crippen LogP contribution is 2.65. The van der Waals surface area contributed by atoms with Crippen molar-refractivity contribution >= 4 is 126 Å². The van der Waals surface area contributed by atoms with Crippen molar-refractivity contribution in [3.8, 4) is 65.4 Å². The first-order valence-electron chi connectivity index (χ1n) is 30.8. The fourth-order valence-electron chi connectivity index (χ4n) is 15.4. The average molecular weight is 1150 g/mol. The second-order valence-corrected chi connectivity index (χ2v) is 24.9. The summed E-state index contributed by atoms with van der Waals surface area (Å²) in [6.07, 6.45) is 0. The summed E-state index contributed by atoms with van der Waals surface area (Å²) in [6, 6.07) is 118. The molecular formula is C82H52B2N4S. The molecule has 0 radical (unpaired) electrons. The minimum atomic E-state index is -0.0792. The van der Waals surface area contributed by atoms with Crippen molar-refractivity contribution in [2.24, 2.45) is 0 Å². The third-order valence-electron chi connectivity index (χ3n) is 19.1. The zero-order valence-corrected chi connectivity index (χ0v) is 49.2. The van der Waals surface area contributed by atoms with Gasteiger partial charge in [-0.15, -0.1) is 11.3 Å². The van der Waals surface area contributed by atoms with Gasteiger partial charge < -0.3 is 19.6 Å². The summed E-state index contributed by atoms with van der Waals surface area (Å²) in [6.45, 7) is -0.158. The van der Waals surface area contributed by atoms with E-state index in [1.54, 1.807) is 0 Å². The van der Waals surface area contributed by atoms with E-state index in [9.17, 15) is 0 Å². The molecule has 4 nitrogen and oxygen atoms in total. The predicted molar refractivity (Wildman–Crippen MR) is 379 cm³/mol. The lowest BCUT2D eigenvalue weighted by Gasteiger charge is -2.51. The van der Waals surface area contributed by atoms with Crippen molar-refractivity contribution in [1.82, 2.24) is 0 Å². The summed E-state index contributed by atoms with van der Waals surface area (Å²) in [7, 11) is 0. The molecule has 0 bridgehead atoms. The average Bonchev–Trinajstić information content (AvgIpc) is 1.63. The summed E-state index contributed by atoms with van der Waals surface area (Å²) < 4.78 is 0. The molecule has 1 aromatic heterocycles. The summed E-state index contributed by atoms with van der Waals surface area (Å²) in [5, 5.41) is 0. The van der Waals surface area contributed by atoms with Crippen LogP contribution < -0.4 is 52.4 Å². The van der Waals surface area contributed by atoms with Crippen LogP contribution in [0.15, 0.2) is 315 Å². The molecule has 0 fully saturated rings. The lowest BCUT2D eigenvalue weighted by molar-refractivity contribution is 1.18. The Kier molecular flexibility index (Phi) is 11.1. The highest BCUT2D eigenvalue weighted by atomic mass is 32.1. The van der Waals surface area contributed by atoms with E-state index in [0.29, 0.717) is 0 Å². The fourth-order valence-corrected chi connectivity index (χ4v) is 16.7.